The van der Waals surface area contributed by atoms with E-state index >= 15 is 0 Å². The average molecular weight is 284 g/mol. The predicted octanol–water partition coefficient (Wildman–Crippen LogP) is 2.85. The number of benzene rings is 1. The Bertz CT molecular complexity index is 631. The normalized spacial score (nSPS) is 22.8. The van der Waals surface area contributed by atoms with Crippen molar-refractivity contribution in [2.75, 3.05) is 0 Å². The van der Waals surface area contributed by atoms with Gasteiger partial charge >= 0.3 is 0 Å². The lowest BCUT2D eigenvalue weighted by Crippen LogP contribution is -2.21. The van der Waals surface area contributed by atoms with Crippen molar-refractivity contribution in [1.29, 1.82) is 0 Å². The summed E-state index contributed by atoms with van der Waals surface area (Å²) in [5.74, 6) is 2.02. The Labute approximate surface area is 124 Å². The summed E-state index contributed by atoms with van der Waals surface area (Å²) in [6.45, 7) is 0. The van der Waals surface area contributed by atoms with Crippen LogP contribution in [-0.4, -0.2) is 21.4 Å². The Kier molecular flexibility index (Phi) is 3.26. The van der Waals surface area contributed by atoms with Crippen molar-refractivity contribution in [3.8, 4) is 0 Å². The summed E-state index contributed by atoms with van der Waals surface area (Å²) in [5, 5.41) is 14.4. The molecule has 21 heavy (non-hydrogen) atoms. The number of aromatic nitrogens is 2. The molecule has 2 atom stereocenters. The summed E-state index contributed by atoms with van der Waals surface area (Å²) in [7, 11) is 0. The molecule has 0 aliphatic heterocycles. The zero-order valence-electron chi connectivity index (χ0n) is 12.0. The predicted molar refractivity (Wildman–Crippen MR) is 78.0 cm³/mol. The number of aliphatic hydroxyl groups is 1. The van der Waals surface area contributed by atoms with E-state index in [0.29, 0.717) is 18.2 Å². The number of hydrogen-bond donors (Lipinski definition) is 1. The van der Waals surface area contributed by atoms with Crippen molar-refractivity contribution in [3.63, 3.8) is 0 Å². The minimum Gasteiger partial charge on any atom is -0.392 e. The Morgan fingerprint density at radius 2 is 2.05 bits per heavy atom. The number of aliphatic hydroxyl groups excluding tert-OH is 1. The highest BCUT2D eigenvalue weighted by Crippen LogP contribution is 2.38. The van der Waals surface area contributed by atoms with Crippen molar-refractivity contribution >= 4 is 0 Å². The molecular formula is C17H20N2O2. The molecule has 0 amide bonds. The van der Waals surface area contributed by atoms with Crippen LogP contribution in [0.15, 0.2) is 28.8 Å². The fourth-order valence-corrected chi connectivity index (χ4v) is 3.67. The van der Waals surface area contributed by atoms with Crippen LogP contribution in [0.5, 0.6) is 0 Å². The second kappa shape index (κ2) is 5.26. The Morgan fingerprint density at radius 1 is 1.24 bits per heavy atom. The van der Waals surface area contributed by atoms with Gasteiger partial charge in [0, 0.05) is 0 Å². The van der Waals surface area contributed by atoms with Gasteiger partial charge in [-0.25, -0.2) is 0 Å². The maximum Gasteiger partial charge on any atom is 0.229 e. The second-order valence-corrected chi connectivity index (χ2v) is 6.32. The van der Waals surface area contributed by atoms with Crippen LogP contribution < -0.4 is 0 Å². The SMILES string of the molecule is OC(Cc1nc(C2Cc3ccccc32)no1)C1CCCC1. The summed E-state index contributed by atoms with van der Waals surface area (Å²) in [4.78, 5) is 4.50. The first-order valence-electron chi connectivity index (χ1n) is 7.89. The van der Waals surface area contributed by atoms with Crippen LogP contribution in [-0.2, 0) is 12.8 Å². The van der Waals surface area contributed by atoms with E-state index in [2.05, 4.69) is 34.4 Å². The number of fused-ring (bicyclic) bond motifs is 1. The van der Waals surface area contributed by atoms with E-state index in [1.54, 1.807) is 0 Å². The zero-order chi connectivity index (χ0) is 14.2. The molecule has 4 rings (SSSR count). The molecule has 0 spiro atoms. The lowest BCUT2D eigenvalue weighted by atomic mass is 9.77. The van der Waals surface area contributed by atoms with Crippen LogP contribution in [0.2, 0.25) is 0 Å². The highest BCUT2D eigenvalue weighted by Gasteiger charge is 2.31. The van der Waals surface area contributed by atoms with E-state index in [-0.39, 0.29) is 12.0 Å². The van der Waals surface area contributed by atoms with Crippen LogP contribution in [0, 0.1) is 5.92 Å². The van der Waals surface area contributed by atoms with E-state index in [4.69, 9.17) is 4.52 Å². The molecule has 4 heteroatoms. The third kappa shape index (κ3) is 2.38. The standard InChI is InChI=1S/C17H20N2O2/c20-15(11-5-1-2-6-11)10-16-18-17(19-21-16)14-9-12-7-3-4-8-13(12)14/h3-4,7-8,11,14-15,20H,1-2,5-6,9-10H2. The monoisotopic (exact) mass is 284 g/mol. The molecule has 4 nitrogen and oxygen atoms in total. The van der Waals surface area contributed by atoms with Crippen molar-refractivity contribution in [3.05, 3.63) is 47.1 Å². The fraction of sp³-hybridized carbons (Fsp3) is 0.529. The lowest BCUT2D eigenvalue weighted by Gasteiger charge is -2.27. The summed E-state index contributed by atoms with van der Waals surface area (Å²) in [6, 6.07) is 8.40. The van der Waals surface area contributed by atoms with Crippen molar-refractivity contribution in [2.45, 2.75) is 50.5 Å². The first kappa shape index (κ1) is 13.0. The van der Waals surface area contributed by atoms with Gasteiger partial charge in [-0.2, -0.15) is 4.98 Å². The molecule has 2 aliphatic rings. The van der Waals surface area contributed by atoms with E-state index < -0.39 is 0 Å². The Morgan fingerprint density at radius 3 is 2.86 bits per heavy atom. The first-order valence-corrected chi connectivity index (χ1v) is 7.89. The van der Waals surface area contributed by atoms with Crippen LogP contribution in [0.4, 0.5) is 0 Å². The zero-order valence-corrected chi connectivity index (χ0v) is 12.0. The largest absolute Gasteiger partial charge is 0.392 e. The molecule has 1 aromatic heterocycles. The van der Waals surface area contributed by atoms with Crippen molar-refractivity contribution < 1.29 is 9.63 Å². The average Bonchev–Trinajstić information content (AvgIpc) is 3.12. The van der Waals surface area contributed by atoms with Crippen LogP contribution >= 0.6 is 0 Å². The second-order valence-electron chi connectivity index (χ2n) is 6.32. The van der Waals surface area contributed by atoms with Crippen LogP contribution in [0.1, 0.15) is 54.4 Å². The van der Waals surface area contributed by atoms with Gasteiger partial charge in [-0.15, -0.1) is 0 Å². The summed E-state index contributed by atoms with van der Waals surface area (Å²) < 4.78 is 5.35. The number of hydrogen-bond acceptors (Lipinski definition) is 4. The van der Waals surface area contributed by atoms with Crippen molar-refractivity contribution in [1.82, 2.24) is 10.1 Å². The maximum absolute atomic E-state index is 10.3. The molecule has 1 aromatic carbocycles. The van der Waals surface area contributed by atoms with Gasteiger partial charge in [-0.3, -0.25) is 0 Å². The van der Waals surface area contributed by atoms with Crippen LogP contribution in [0.3, 0.4) is 0 Å². The fourth-order valence-electron chi connectivity index (χ4n) is 3.67. The van der Waals surface area contributed by atoms with Gasteiger partial charge < -0.3 is 9.63 Å². The van der Waals surface area contributed by atoms with E-state index in [1.165, 1.54) is 24.0 Å². The molecule has 1 N–H and O–H groups in total. The summed E-state index contributed by atoms with van der Waals surface area (Å²) >= 11 is 0. The molecule has 1 saturated carbocycles. The van der Waals surface area contributed by atoms with Gasteiger partial charge in [0.05, 0.1) is 18.4 Å². The molecule has 1 fully saturated rings. The van der Waals surface area contributed by atoms with Crippen LogP contribution in [0.25, 0.3) is 0 Å². The maximum atomic E-state index is 10.3. The van der Waals surface area contributed by atoms with Gasteiger partial charge in [-0.1, -0.05) is 42.3 Å². The molecule has 0 saturated heterocycles. The molecule has 0 radical (unpaired) electrons. The van der Waals surface area contributed by atoms with Gasteiger partial charge in [0.15, 0.2) is 5.82 Å². The van der Waals surface area contributed by atoms with Gasteiger partial charge in [0.2, 0.25) is 5.89 Å². The molecule has 2 aliphatic carbocycles. The summed E-state index contributed by atoms with van der Waals surface area (Å²) in [6.07, 6.45) is 5.85. The molecule has 1 heterocycles. The minimum absolute atomic E-state index is 0.266. The van der Waals surface area contributed by atoms with E-state index in [1.807, 2.05) is 0 Å². The first-order chi connectivity index (χ1) is 10.3. The molecule has 2 unspecified atom stereocenters. The highest BCUT2D eigenvalue weighted by atomic mass is 16.5. The lowest BCUT2D eigenvalue weighted by molar-refractivity contribution is 0.102. The highest BCUT2D eigenvalue weighted by molar-refractivity contribution is 5.43. The third-order valence-corrected chi connectivity index (χ3v) is 4.98. The number of nitrogens with zero attached hydrogens (tertiary/aromatic N) is 2. The van der Waals surface area contributed by atoms with Gasteiger partial charge in [0.1, 0.15) is 0 Å². The molecule has 0 bridgehead atoms. The Balaban J connectivity index is 1.44. The summed E-state index contributed by atoms with van der Waals surface area (Å²) in [5.41, 5.74) is 2.68. The molecule has 110 valence electrons. The smallest absolute Gasteiger partial charge is 0.229 e. The van der Waals surface area contributed by atoms with Crippen molar-refractivity contribution in [2.24, 2.45) is 5.92 Å². The topological polar surface area (TPSA) is 59.2 Å². The third-order valence-electron chi connectivity index (χ3n) is 4.98. The van der Waals surface area contributed by atoms with E-state index in [0.717, 1.165) is 25.1 Å². The molecular weight excluding hydrogens is 264 g/mol. The molecule has 2 aromatic rings. The minimum atomic E-state index is -0.338. The van der Waals surface area contributed by atoms with Gasteiger partial charge in [0.25, 0.3) is 0 Å². The Hall–Kier alpha value is -1.68. The van der Waals surface area contributed by atoms with E-state index in [9.17, 15) is 5.11 Å². The number of rotatable bonds is 4. The van der Waals surface area contributed by atoms with Gasteiger partial charge in [-0.05, 0) is 36.3 Å². The quantitative estimate of drug-likeness (QED) is 0.938.